The number of nitrogens with zero attached hydrogens (tertiary/aromatic N) is 1. The molecule has 0 saturated heterocycles. The molecule has 0 radical (unpaired) electrons. The molecule has 102 valence electrons. The second kappa shape index (κ2) is 6.54. The van der Waals surface area contributed by atoms with E-state index >= 15 is 0 Å². The highest BCUT2D eigenvalue weighted by Crippen LogP contribution is 2.34. The van der Waals surface area contributed by atoms with Gasteiger partial charge < -0.3 is 10.5 Å². The zero-order chi connectivity index (χ0) is 13.0. The number of fused-ring (bicyclic) bond motifs is 1. The lowest BCUT2D eigenvalue weighted by molar-refractivity contribution is 0.0187. The van der Waals surface area contributed by atoms with Gasteiger partial charge in [0, 0.05) is 23.8 Å². The van der Waals surface area contributed by atoms with Crippen LogP contribution < -0.4 is 5.73 Å². The van der Waals surface area contributed by atoms with Crippen LogP contribution in [0.3, 0.4) is 0 Å². The van der Waals surface area contributed by atoms with Crippen LogP contribution in [0.2, 0.25) is 0 Å². The molecule has 2 rings (SSSR count). The van der Waals surface area contributed by atoms with Crippen LogP contribution in [0.25, 0.3) is 0 Å². The van der Waals surface area contributed by atoms with Crippen LogP contribution in [-0.2, 0) is 17.6 Å². The van der Waals surface area contributed by atoms with Crippen molar-refractivity contribution in [2.24, 2.45) is 5.73 Å². The number of aromatic nitrogens is 1. The lowest BCUT2D eigenvalue weighted by Crippen LogP contribution is -2.17. The fraction of sp³-hybridized carbons (Fsp3) is 0.750. The number of nitrogens with two attached hydrogens (primary N) is 1. The molecule has 1 heterocycles. The van der Waals surface area contributed by atoms with Crippen LogP contribution in [0, 0.1) is 0 Å². The molecule has 0 aliphatic heterocycles. The third-order valence-electron chi connectivity index (χ3n) is 3.10. The summed E-state index contributed by atoms with van der Waals surface area (Å²) >= 11 is 1.68. The molecule has 0 spiro atoms. The average Bonchev–Trinajstić information content (AvgIpc) is 2.76. The Morgan fingerprint density at radius 2 is 2.33 bits per heavy atom. The van der Waals surface area contributed by atoms with Crippen LogP contribution in [0.1, 0.15) is 34.3 Å². The van der Waals surface area contributed by atoms with Gasteiger partial charge in [-0.15, -0.1) is 11.3 Å². The maximum Gasteiger partial charge on any atom is 0.261 e. The molecule has 3 nitrogen and oxygen atoms in total. The molecule has 2 N–H and O–H groups in total. The molecular weight excluding hydrogens is 258 g/mol. The van der Waals surface area contributed by atoms with E-state index in [-0.39, 0.29) is 0 Å². The maximum absolute atomic E-state index is 11.9. The highest BCUT2D eigenvalue weighted by Gasteiger charge is 2.23. The Morgan fingerprint density at radius 3 is 3.06 bits per heavy atom. The lowest BCUT2D eigenvalue weighted by Gasteiger charge is -2.18. The minimum absolute atomic E-state index is 0.310. The van der Waals surface area contributed by atoms with Crippen molar-refractivity contribution in [2.45, 2.75) is 38.0 Å². The number of aryl methyl sites for hydroxylation is 1. The first-order valence-corrected chi connectivity index (χ1v) is 7.06. The van der Waals surface area contributed by atoms with Gasteiger partial charge in [-0.05, 0) is 19.3 Å². The van der Waals surface area contributed by atoms with E-state index in [0.717, 1.165) is 23.5 Å². The van der Waals surface area contributed by atoms with Gasteiger partial charge in [0.15, 0.2) is 0 Å². The molecule has 1 aromatic rings. The largest absolute Gasteiger partial charge is 0.375 e. The summed E-state index contributed by atoms with van der Waals surface area (Å²) in [4.78, 5) is 5.91. The zero-order valence-corrected chi connectivity index (χ0v) is 11.0. The monoisotopic (exact) mass is 276 g/mol. The van der Waals surface area contributed by atoms with Crippen LogP contribution in [0.4, 0.5) is 8.78 Å². The maximum atomic E-state index is 11.9. The minimum Gasteiger partial charge on any atom is -0.375 e. The standard InChI is InChI=1S/C12H18F2N2OS/c13-10(14)7-17-5-4-11-16-12-8(6-15)2-1-3-9(12)18-11/h8,10H,1-7,15H2. The van der Waals surface area contributed by atoms with Gasteiger partial charge in [-0.25, -0.2) is 13.8 Å². The molecule has 0 bridgehead atoms. The number of rotatable bonds is 6. The molecule has 1 aliphatic rings. The van der Waals surface area contributed by atoms with E-state index < -0.39 is 13.0 Å². The van der Waals surface area contributed by atoms with E-state index in [4.69, 9.17) is 10.5 Å². The summed E-state index contributed by atoms with van der Waals surface area (Å²) in [6.45, 7) is 0.457. The van der Waals surface area contributed by atoms with Crippen LogP contribution in [0.5, 0.6) is 0 Å². The van der Waals surface area contributed by atoms with Crippen molar-refractivity contribution in [2.75, 3.05) is 19.8 Å². The van der Waals surface area contributed by atoms with Crippen molar-refractivity contribution in [1.82, 2.24) is 4.98 Å². The number of hydrogen-bond donors (Lipinski definition) is 1. The summed E-state index contributed by atoms with van der Waals surface area (Å²) in [5, 5.41) is 0.981. The zero-order valence-electron chi connectivity index (χ0n) is 10.2. The first-order chi connectivity index (χ1) is 8.70. The third kappa shape index (κ3) is 3.46. The minimum atomic E-state index is -2.39. The molecule has 1 unspecified atom stereocenters. The summed E-state index contributed by atoms with van der Waals surface area (Å²) in [7, 11) is 0. The van der Waals surface area contributed by atoms with Crippen molar-refractivity contribution < 1.29 is 13.5 Å². The Labute approximate surface area is 109 Å². The van der Waals surface area contributed by atoms with Gasteiger partial charge in [-0.2, -0.15) is 0 Å². The molecule has 1 aliphatic carbocycles. The lowest BCUT2D eigenvalue weighted by atomic mass is 9.91. The van der Waals surface area contributed by atoms with Gasteiger partial charge in [0.2, 0.25) is 0 Å². The fourth-order valence-electron chi connectivity index (χ4n) is 2.23. The summed E-state index contributed by atoms with van der Waals surface area (Å²) in [6, 6.07) is 0. The fourth-order valence-corrected chi connectivity index (χ4v) is 3.40. The van der Waals surface area contributed by atoms with E-state index in [1.165, 1.54) is 11.3 Å². The SMILES string of the molecule is NCC1CCCc2sc(CCOCC(F)F)nc21. The number of alkyl halides is 2. The highest BCUT2D eigenvalue weighted by atomic mass is 32.1. The summed E-state index contributed by atoms with van der Waals surface area (Å²) in [5.41, 5.74) is 6.88. The second-order valence-corrected chi connectivity index (χ2v) is 5.63. The van der Waals surface area contributed by atoms with Crippen molar-refractivity contribution >= 4 is 11.3 Å². The van der Waals surface area contributed by atoms with E-state index in [9.17, 15) is 8.78 Å². The molecule has 6 heteroatoms. The normalized spacial score (nSPS) is 19.2. The molecule has 18 heavy (non-hydrogen) atoms. The first kappa shape index (κ1) is 13.8. The van der Waals surface area contributed by atoms with E-state index in [1.807, 2.05) is 0 Å². The van der Waals surface area contributed by atoms with Gasteiger partial charge in [0.25, 0.3) is 6.43 Å². The summed E-state index contributed by atoms with van der Waals surface area (Å²) in [6.07, 6.45) is 1.56. The predicted octanol–water partition coefficient (Wildman–Crippen LogP) is 2.35. The van der Waals surface area contributed by atoms with E-state index in [2.05, 4.69) is 4.98 Å². The number of ether oxygens (including phenoxy) is 1. The smallest absolute Gasteiger partial charge is 0.261 e. The second-order valence-electron chi connectivity index (χ2n) is 4.46. The van der Waals surface area contributed by atoms with Gasteiger partial charge in [0.1, 0.15) is 6.61 Å². The van der Waals surface area contributed by atoms with Crippen molar-refractivity contribution in [3.63, 3.8) is 0 Å². The van der Waals surface area contributed by atoms with Crippen LogP contribution >= 0.6 is 11.3 Å². The van der Waals surface area contributed by atoms with Gasteiger partial charge in [-0.1, -0.05) is 0 Å². The van der Waals surface area contributed by atoms with E-state index in [0.29, 0.717) is 25.5 Å². The molecule has 0 fully saturated rings. The first-order valence-electron chi connectivity index (χ1n) is 6.25. The van der Waals surface area contributed by atoms with Gasteiger partial charge in [0.05, 0.1) is 17.3 Å². The number of halogens is 2. The molecular formula is C12H18F2N2OS. The summed E-state index contributed by atoms with van der Waals surface area (Å²) in [5.74, 6) is 0.376. The Balaban J connectivity index is 1.89. The van der Waals surface area contributed by atoms with Crippen molar-refractivity contribution in [3.8, 4) is 0 Å². The quantitative estimate of drug-likeness (QED) is 0.811. The topological polar surface area (TPSA) is 48.1 Å². The Morgan fingerprint density at radius 1 is 1.50 bits per heavy atom. The number of thiazole rings is 1. The highest BCUT2D eigenvalue weighted by molar-refractivity contribution is 7.11. The average molecular weight is 276 g/mol. The molecule has 0 amide bonds. The Kier molecular flexibility index (Phi) is 5.03. The molecule has 0 saturated carbocycles. The van der Waals surface area contributed by atoms with Crippen LogP contribution in [0.15, 0.2) is 0 Å². The number of hydrogen-bond acceptors (Lipinski definition) is 4. The van der Waals surface area contributed by atoms with Gasteiger partial charge in [-0.3, -0.25) is 0 Å². The Hall–Kier alpha value is -0.590. The van der Waals surface area contributed by atoms with E-state index in [1.54, 1.807) is 11.3 Å². The molecule has 1 atom stereocenters. The van der Waals surface area contributed by atoms with Crippen molar-refractivity contribution in [3.05, 3.63) is 15.6 Å². The van der Waals surface area contributed by atoms with Crippen LogP contribution in [-0.4, -0.2) is 31.2 Å². The molecule has 0 aromatic carbocycles. The summed E-state index contributed by atoms with van der Waals surface area (Å²) < 4.78 is 28.7. The molecule has 1 aromatic heterocycles. The Bertz CT molecular complexity index is 384. The van der Waals surface area contributed by atoms with Crippen molar-refractivity contribution in [1.29, 1.82) is 0 Å². The third-order valence-corrected chi connectivity index (χ3v) is 4.29. The van der Waals surface area contributed by atoms with Gasteiger partial charge >= 0.3 is 0 Å². The predicted molar refractivity (Wildman–Crippen MR) is 67.4 cm³/mol.